The van der Waals surface area contributed by atoms with Gasteiger partial charge in [0.05, 0.1) is 0 Å². The van der Waals surface area contributed by atoms with Gasteiger partial charge in [0.1, 0.15) is 5.52 Å². The van der Waals surface area contributed by atoms with Crippen molar-refractivity contribution in [2.75, 3.05) is 5.32 Å². The third-order valence-corrected chi connectivity index (χ3v) is 4.09. The topological polar surface area (TPSA) is 38.1 Å². The standard InChI is InChI=1S/C20H15ClN2O/c21-16-9-5-14(6-10-16)13-22-17-11-7-15(8-12-17)20-23-18-3-1-2-4-19(18)24-20/h1-12,22H,13H2. The van der Waals surface area contributed by atoms with Crippen molar-refractivity contribution in [1.82, 2.24) is 4.98 Å². The summed E-state index contributed by atoms with van der Waals surface area (Å²) in [6, 6.07) is 23.7. The Morgan fingerprint density at radius 1 is 0.875 bits per heavy atom. The van der Waals surface area contributed by atoms with Crippen molar-refractivity contribution in [2.45, 2.75) is 6.54 Å². The van der Waals surface area contributed by atoms with Crippen LogP contribution in [-0.4, -0.2) is 4.98 Å². The molecular weight excluding hydrogens is 320 g/mol. The van der Waals surface area contributed by atoms with Crippen molar-refractivity contribution in [2.24, 2.45) is 0 Å². The average Bonchev–Trinajstić information content (AvgIpc) is 3.06. The molecule has 1 aromatic heterocycles. The van der Waals surface area contributed by atoms with E-state index in [1.165, 1.54) is 5.56 Å². The molecule has 4 rings (SSSR count). The molecule has 1 heterocycles. The number of para-hydroxylation sites is 2. The highest BCUT2D eigenvalue weighted by Crippen LogP contribution is 2.25. The van der Waals surface area contributed by atoms with Crippen LogP contribution in [0.1, 0.15) is 5.56 Å². The van der Waals surface area contributed by atoms with Gasteiger partial charge in [-0.2, -0.15) is 0 Å². The van der Waals surface area contributed by atoms with E-state index in [0.29, 0.717) is 5.89 Å². The van der Waals surface area contributed by atoms with Crippen molar-refractivity contribution < 1.29 is 4.42 Å². The molecule has 3 aromatic carbocycles. The third kappa shape index (κ3) is 3.12. The lowest BCUT2D eigenvalue weighted by molar-refractivity contribution is 0.620. The van der Waals surface area contributed by atoms with E-state index < -0.39 is 0 Å². The first kappa shape index (κ1) is 14.8. The Morgan fingerprint density at radius 2 is 1.62 bits per heavy atom. The third-order valence-electron chi connectivity index (χ3n) is 3.84. The van der Waals surface area contributed by atoms with Crippen LogP contribution < -0.4 is 5.32 Å². The number of anilines is 1. The van der Waals surface area contributed by atoms with E-state index in [-0.39, 0.29) is 0 Å². The lowest BCUT2D eigenvalue weighted by Gasteiger charge is -2.07. The largest absolute Gasteiger partial charge is 0.436 e. The van der Waals surface area contributed by atoms with Gasteiger partial charge in [0.15, 0.2) is 5.58 Å². The highest BCUT2D eigenvalue weighted by Gasteiger charge is 2.07. The maximum atomic E-state index is 5.90. The van der Waals surface area contributed by atoms with Crippen LogP contribution in [0.2, 0.25) is 5.02 Å². The number of nitrogens with zero attached hydrogens (tertiary/aromatic N) is 1. The van der Waals surface area contributed by atoms with Crippen LogP contribution in [0.3, 0.4) is 0 Å². The summed E-state index contributed by atoms with van der Waals surface area (Å²) >= 11 is 5.90. The van der Waals surface area contributed by atoms with Crippen LogP contribution in [0.5, 0.6) is 0 Å². The van der Waals surface area contributed by atoms with E-state index in [0.717, 1.165) is 33.9 Å². The molecule has 1 N–H and O–H groups in total. The van der Waals surface area contributed by atoms with Crippen molar-refractivity contribution in [3.05, 3.63) is 83.4 Å². The second-order valence-corrected chi connectivity index (χ2v) is 5.98. The Bertz CT molecular complexity index is 926. The number of aromatic nitrogens is 1. The molecule has 0 atom stereocenters. The SMILES string of the molecule is Clc1ccc(CNc2ccc(-c3nc4ccccc4o3)cc2)cc1. The van der Waals surface area contributed by atoms with E-state index in [4.69, 9.17) is 16.0 Å². The van der Waals surface area contributed by atoms with Gasteiger partial charge in [-0.05, 0) is 54.1 Å². The minimum Gasteiger partial charge on any atom is -0.436 e. The molecule has 0 spiro atoms. The number of nitrogens with one attached hydrogen (secondary N) is 1. The van der Waals surface area contributed by atoms with Gasteiger partial charge < -0.3 is 9.73 Å². The number of fused-ring (bicyclic) bond motifs is 1. The minimum absolute atomic E-state index is 0.639. The fourth-order valence-electron chi connectivity index (χ4n) is 2.53. The minimum atomic E-state index is 0.639. The molecule has 0 saturated heterocycles. The summed E-state index contributed by atoms with van der Waals surface area (Å²) in [5.74, 6) is 0.639. The molecule has 118 valence electrons. The second-order valence-electron chi connectivity index (χ2n) is 5.54. The monoisotopic (exact) mass is 334 g/mol. The van der Waals surface area contributed by atoms with Crippen LogP contribution in [-0.2, 0) is 6.54 Å². The van der Waals surface area contributed by atoms with Crippen LogP contribution in [0, 0.1) is 0 Å². The van der Waals surface area contributed by atoms with Crippen molar-refractivity contribution in [1.29, 1.82) is 0 Å². The summed E-state index contributed by atoms with van der Waals surface area (Å²) in [5.41, 5.74) is 4.87. The summed E-state index contributed by atoms with van der Waals surface area (Å²) < 4.78 is 5.79. The Kier molecular flexibility index (Phi) is 3.93. The fourth-order valence-corrected chi connectivity index (χ4v) is 2.66. The van der Waals surface area contributed by atoms with Crippen LogP contribution in [0.25, 0.3) is 22.6 Å². The number of benzene rings is 3. The van der Waals surface area contributed by atoms with Crippen molar-refractivity contribution in [3.63, 3.8) is 0 Å². The number of rotatable bonds is 4. The van der Waals surface area contributed by atoms with Gasteiger partial charge in [0, 0.05) is 22.8 Å². The Balaban J connectivity index is 1.48. The van der Waals surface area contributed by atoms with Crippen molar-refractivity contribution >= 4 is 28.4 Å². The summed E-state index contributed by atoms with van der Waals surface area (Å²) in [4.78, 5) is 4.51. The molecule has 0 aliphatic heterocycles. The number of hydrogen-bond acceptors (Lipinski definition) is 3. The van der Waals surface area contributed by atoms with E-state index in [1.807, 2.05) is 72.8 Å². The Hall–Kier alpha value is -2.78. The van der Waals surface area contributed by atoms with Crippen LogP contribution >= 0.6 is 11.6 Å². The first-order valence-corrected chi connectivity index (χ1v) is 8.10. The van der Waals surface area contributed by atoms with E-state index in [2.05, 4.69) is 10.3 Å². The van der Waals surface area contributed by atoms with Gasteiger partial charge in [-0.15, -0.1) is 0 Å². The van der Waals surface area contributed by atoms with Gasteiger partial charge in [-0.3, -0.25) is 0 Å². The fraction of sp³-hybridized carbons (Fsp3) is 0.0500. The Morgan fingerprint density at radius 3 is 2.38 bits per heavy atom. The van der Waals surface area contributed by atoms with Crippen LogP contribution in [0.4, 0.5) is 5.69 Å². The molecule has 0 radical (unpaired) electrons. The first-order valence-electron chi connectivity index (χ1n) is 7.72. The normalized spacial score (nSPS) is 10.9. The molecule has 0 aliphatic rings. The van der Waals surface area contributed by atoms with Gasteiger partial charge in [0.25, 0.3) is 0 Å². The molecule has 0 aliphatic carbocycles. The molecule has 4 aromatic rings. The molecule has 0 fully saturated rings. The lowest BCUT2D eigenvalue weighted by Crippen LogP contribution is -1.98. The quantitative estimate of drug-likeness (QED) is 0.515. The van der Waals surface area contributed by atoms with Crippen molar-refractivity contribution in [3.8, 4) is 11.5 Å². The van der Waals surface area contributed by atoms with E-state index in [9.17, 15) is 0 Å². The lowest BCUT2D eigenvalue weighted by atomic mass is 10.2. The van der Waals surface area contributed by atoms with Gasteiger partial charge in [0.2, 0.25) is 5.89 Å². The summed E-state index contributed by atoms with van der Waals surface area (Å²) in [7, 11) is 0. The predicted molar refractivity (Wildman–Crippen MR) is 98.2 cm³/mol. The molecule has 3 nitrogen and oxygen atoms in total. The number of oxazole rings is 1. The average molecular weight is 335 g/mol. The summed E-state index contributed by atoms with van der Waals surface area (Å²) in [6.45, 7) is 0.749. The van der Waals surface area contributed by atoms with E-state index in [1.54, 1.807) is 0 Å². The second kappa shape index (κ2) is 6.38. The molecule has 0 unspecified atom stereocenters. The molecule has 24 heavy (non-hydrogen) atoms. The maximum Gasteiger partial charge on any atom is 0.227 e. The zero-order valence-corrected chi connectivity index (χ0v) is 13.6. The van der Waals surface area contributed by atoms with Crippen LogP contribution in [0.15, 0.2) is 77.2 Å². The Labute approximate surface area is 144 Å². The summed E-state index contributed by atoms with van der Waals surface area (Å²) in [6.07, 6.45) is 0. The molecule has 0 saturated carbocycles. The van der Waals surface area contributed by atoms with Gasteiger partial charge >= 0.3 is 0 Å². The van der Waals surface area contributed by atoms with Gasteiger partial charge in [-0.25, -0.2) is 4.98 Å². The smallest absolute Gasteiger partial charge is 0.227 e. The molecule has 4 heteroatoms. The summed E-state index contributed by atoms with van der Waals surface area (Å²) in [5, 5.41) is 4.14. The van der Waals surface area contributed by atoms with E-state index >= 15 is 0 Å². The zero-order chi connectivity index (χ0) is 16.4. The number of halogens is 1. The van der Waals surface area contributed by atoms with Gasteiger partial charge in [-0.1, -0.05) is 35.9 Å². The maximum absolute atomic E-state index is 5.90. The zero-order valence-electron chi connectivity index (χ0n) is 12.9. The molecule has 0 amide bonds. The highest BCUT2D eigenvalue weighted by atomic mass is 35.5. The molecular formula is C20H15ClN2O. The molecule has 0 bridgehead atoms. The highest BCUT2D eigenvalue weighted by molar-refractivity contribution is 6.30. The predicted octanol–water partition coefficient (Wildman–Crippen LogP) is 5.76. The number of hydrogen-bond donors (Lipinski definition) is 1. The first-order chi connectivity index (χ1) is 11.8.